The van der Waals surface area contributed by atoms with Crippen molar-refractivity contribution >= 4 is 38.1 Å². The Kier molecular flexibility index (Phi) is 3.02. The van der Waals surface area contributed by atoms with E-state index >= 15 is 0 Å². The van der Waals surface area contributed by atoms with E-state index in [9.17, 15) is 4.39 Å². The summed E-state index contributed by atoms with van der Waals surface area (Å²) >= 11 is 4.67. The van der Waals surface area contributed by atoms with Gasteiger partial charge in [-0.1, -0.05) is 12.1 Å². The van der Waals surface area contributed by atoms with Crippen molar-refractivity contribution < 1.29 is 4.39 Å². The molecule has 0 atom stereocenters. The number of aromatic nitrogens is 1. The zero-order valence-corrected chi connectivity index (χ0v) is 10.3. The average molecular weight is 287 g/mol. The van der Waals surface area contributed by atoms with E-state index in [2.05, 4.69) is 26.2 Å². The highest BCUT2D eigenvalue weighted by Gasteiger charge is 2.06. The van der Waals surface area contributed by atoms with Gasteiger partial charge in [0.2, 0.25) is 0 Å². The van der Waals surface area contributed by atoms with Gasteiger partial charge in [-0.25, -0.2) is 9.37 Å². The molecule has 2 aromatic rings. The maximum Gasteiger partial charge on any atom is 0.188 e. The van der Waals surface area contributed by atoms with Crippen molar-refractivity contribution in [3.05, 3.63) is 39.6 Å². The number of aryl methyl sites for hydroxylation is 1. The normalized spacial score (nSPS) is 10.3. The Bertz CT molecular complexity index is 484. The van der Waals surface area contributed by atoms with Gasteiger partial charge in [0.05, 0.1) is 5.69 Å². The number of nitrogens with zero attached hydrogens (tertiary/aromatic N) is 1. The Labute approximate surface area is 99.3 Å². The fraction of sp³-hybridized carbons (Fsp3) is 0.100. The Balaban J connectivity index is 2.28. The van der Waals surface area contributed by atoms with E-state index in [0.717, 1.165) is 4.60 Å². The van der Waals surface area contributed by atoms with Gasteiger partial charge in [0, 0.05) is 5.38 Å². The molecule has 1 N–H and O–H groups in total. The van der Waals surface area contributed by atoms with Gasteiger partial charge in [0.25, 0.3) is 0 Å². The molecule has 0 saturated carbocycles. The summed E-state index contributed by atoms with van der Waals surface area (Å²) in [6.45, 7) is 1.73. The van der Waals surface area contributed by atoms with Gasteiger partial charge < -0.3 is 5.32 Å². The second-order valence-corrected chi connectivity index (χ2v) is 4.71. The number of anilines is 2. The maximum atomic E-state index is 13.6. The zero-order valence-electron chi connectivity index (χ0n) is 7.92. The Hall–Kier alpha value is -0.940. The smallest absolute Gasteiger partial charge is 0.188 e. The Morgan fingerprint density at radius 1 is 1.47 bits per heavy atom. The molecule has 0 aliphatic rings. The molecular weight excluding hydrogens is 279 g/mol. The van der Waals surface area contributed by atoms with Crippen molar-refractivity contribution in [2.75, 3.05) is 5.32 Å². The van der Waals surface area contributed by atoms with Gasteiger partial charge in [0.1, 0.15) is 10.4 Å². The quantitative estimate of drug-likeness (QED) is 0.899. The SMILES string of the molecule is Cc1cccc(Nc2nc(Br)cs2)c1F. The third kappa shape index (κ3) is 2.35. The molecule has 78 valence electrons. The third-order valence-corrected chi connectivity index (χ3v) is 3.38. The minimum absolute atomic E-state index is 0.233. The maximum absolute atomic E-state index is 13.6. The van der Waals surface area contributed by atoms with Gasteiger partial charge >= 0.3 is 0 Å². The van der Waals surface area contributed by atoms with Crippen LogP contribution in [0.4, 0.5) is 15.2 Å². The molecule has 0 aliphatic carbocycles. The fourth-order valence-electron chi connectivity index (χ4n) is 1.17. The lowest BCUT2D eigenvalue weighted by Crippen LogP contribution is -1.94. The molecule has 0 fully saturated rings. The molecule has 0 amide bonds. The highest BCUT2D eigenvalue weighted by Crippen LogP contribution is 2.25. The van der Waals surface area contributed by atoms with E-state index in [-0.39, 0.29) is 5.82 Å². The predicted molar refractivity (Wildman–Crippen MR) is 64.2 cm³/mol. The first-order chi connectivity index (χ1) is 7.16. The molecule has 2 rings (SSSR count). The van der Waals surface area contributed by atoms with Crippen molar-refractivity contribution in [1.82, 2.24) is 4.98 Å². The third-order valence-electron chi connectivity index (χ3n) is 1.91. The molecule has 1 aromatic heterocycles. The molecule has 0 radical (unpaired) electrons. The molecule has 0 spiro atoms. The van der Waals surface area contributed by atoms with E-state index < -0.39 is 0 Å². The van der Waals surface area contributed by atoms with Crippen molar-refractivity contribution in [3.8, 4) is 0 Å². The van der Waals surface area contributed by atoms with Crippen LogP contribution >= 0.6 is 27.3 Å². The number of thiazole rings is 1. The first kappa shape index (κ1) is 10.6. The first-order valence-electron chi connectivity index (χ1n) is 4.30. The lowest BCUT2D eigenvalue weighted by Gasteiger charge is -2.05. The summed E-state index contributed by atoms with van der Waals surface area (Å²) in [6, 6.07) is 5.24. The van der Waals surface area contributed by atoms with Crippen molar-refractivity contribution in [2.45, 2.75) is 6.92 Å². The molecule has 1 aromatic carbocycles. The summed E-state index contributed by atoms with van der Waals surface area (Å²) in [6.07, 6.45) is 0. The minimum atomic E-state index is -0.233. The first-order valence-corrected chi connectivity index (χ1v) is 5.97. The van der Waals surface area contributed by atoms with Gasteiger partial charge in [-0.05, 0) is 34.5 Å². The lowest BCUT2D eigenvalue weighted by molar-refractivity contribution is 0.622. The highest BCUT2D eigenvalue weighted by molar-refractivity contribution is 9.10. The van der Waals surface area contributed by atoms with Crippen LogP contribution in [0.25, 0.3) is 0 Å². The lowest BCUT2D eigenvalue weighted by atomic mass is 10.2. The second kappa shape index (κ2) is 4.28. The molecule has 2 nitrogen and oxygen atoms in total. The summed E-state index contributed by atoms with van der Waals surface area (Å²) in [5.41, 5.74) is 1.08. The monoisotopic (exact) mass is 286 g/mol. The van der Waals surface area contributed by atoms with E-state index in [4.69, 9.17) is 0 Å². The van der Waals surface area contributed by atoms with Gasteiger partial charge in [-0.3, -0.25) is 0 Å². The van der Waals surface area contributed by atoms with E-state index in [1.807, 2.05) is 11.4 Å². The van der Waals surface area contributed by atoms with Gasteiger partial charge in [0.15, 0.2) is 5.13 Å². The molecule has 0 saturated heterocycles. The zero-order chi connectivity index (χ0) is 10.8. The van der Waals surface area contributed by atoms with Crippen LogP contribution in [0, 0.1) is 12.7 Å². The van der Waals surface area contributed by atoms with E-state index in [0.29, 0.717) is 16.4 Å². The van der Waals surface area contributed by atoms with Gasteiger partial charge in [-0.15, -0.1) is 11.3 Å². The van der Waals surface area contributed by atoms with Crippen LogP contribution in [0.15, 0.2) is 28.2 Å². The van der Waals surface area contributed by atoms with Crippen LogP contribution < -0.4 is 5.32 Å². The van der Waals surface area contributed by atoms with Crippen LogP contribution in [0.3, 0.4) is 0 Å². The standard InChI is InChI=1S/C10H8BrFN2S/c1-6-3-2-4-7(9(6)12)13-10-14-8(11)5-15-10/h2-5H,1H3,(H,13,14). The molecule has 15 heavy (non-hydrogen) atoms. The molecule has 0 aliphatic heterocycles. The molecule has 0 unspecified atom stereocenters. The van der Waals surface area contributed by atoms with Crippen LogP contribution in [0.1, 0.15) is 5.56 Å². The number of benzene rings is 1. The average Bonchev–Trinajstić information content (AvgIpc) is 2.59. The van der Waals surface area contributed by atoms with Crippen molar-refractivity contribution in [1.29, 1.82) is 0 Å². The summed E-state index contributed by atoms with van der Waals surface area (Å²) < 4.78 is 14.3. The van der Waals surface area contributed by atoms with E-state index in [1.165, 1.54) is 11.3 Å². The van der Waals surface area contributed by atoms with Crippen LogP contribution in [0.5, 0.6) is 0 Å². The van der Waals surface area contributed by atoms with Crippen molar-refractivity contribution in [2.24, 2.45) is 0 Å². The number of halogens is 2. The number of rotatable bonds is 2. The Morgan fingerprint density at radius 3 is 2.93 bits per heavy atom. The summed E-state index contributed by atoms with van der Waals surface area (Å²) in [5, 5.41) is 5.45. The van der Waals surface area contributed by atoms with Crippen LogP contribution in [0.2, 0.25) is 0 Å². The minimum Gasteiger partial charge on any atom is -0.329 e. The summed E-state index contributed by atoms with van der Waals surface area (Å²) in [7, 11) is 0. The largest absolute Gasteiger partial charge is 0.329 e. The number of nitrogens with one attached hydrogen (secondary N) is 1. The predicted octanol–water partition coefficient (Wildman–Crippen LogP) is 4.10. The highest BCUT2D eigenvalue weighted by atomic mass is 79.9. The Morgan fingerprint density at radius 2 is 2.27 bits per heavy atom. The molecule has 1 heterocycles. The molecule has 5 heteroatoms. The number of hydrogen-bond acceptors (Lipinski definition) is 3. The summed E-state index contributed by atoms with van der Waals surface area (Å²) in [4.78, 5) is 4.13. The molecule has 0 bridgehead atoms. The van der Waals surface area contributed by atoms with Crippen LogP contribution in [-0.2, 0) is 0 Å². The second-order valence-electron chi connectivity index (χ2n) is 3.04. The number of hydrogen-bond donors (Lipinski definition) is 1. The van der Waals surface area contributed by atoms with E-state index in [1.54, 1.807) is 19.1 Å². The summed E-state index contributed by atoms with van der Waals surface area (Å²) in [5.74, 6) is -0.233. The topological polar surface area (TPSA) is 24.9 Å². The van der Waals surface area contributed by atoms with Gasteiger partial charge in [-0.2, -0.15) is 0 Å². The van der Waals surface area contributed by atoms with Crippen LogP contribution in [-0.4, -0.2) is 4.98 Å². The molecular formula is C10H8BrFN2S. The fourth-order valence-corrected chi connectivity index (χ4v) is 2.33. The van der Waals surface area contributed by atoms with Crippen molar-refractivity contribution in [3.63, 3.8) is 0 Å².